The van der Waals surface area contributed by atoms with Gasteiger partial charge in [-0.05, 0) is 50.8 Å². The molecule has 0 spiro atoms. The van der Waals surface area contributed by atoms with Gasteiger partial charge in [0.25, 0.3) is 0 Å². The van der Waals surface area contributed by atoms with Crippen molar-refractivity contribution in [3.63, 3.8) is 0 Å². The van der Waals surface area contributed by atoms with Crippen LogP contribution in [0.15, 0.2) is 23.2 Å². The fourth-order valence-corrected chi connectivity index (χ4v) is 3.37. The maximum absolute atomic E-state index is 5.97. The van der Waals surface area contributed by atoms with Crippen molar-refractivity contribution in [2.24, 2.45) is 4.99 Å². The Morgan fingerprint density at radius 1 is 1.13 bits per heavy atom. The fourth-order valence-electron chi connectivity index (χ4n) is 3.37. The first-order chi connectivity index (χ1) is 14.2. The summed E-state index contributed by atoms with van der Waals surface area (Å²) in [5, 5.41) is 3.42. The van der Waals surface area contributed by atoms with Crippen molar-refractivity contribution < 1.29 is 18.9 Å². The smallest absolute Gasteiger partial charge is 0.194 e. The summed E-state index contributed by atoms with van der Waals surface area (Å²) in [4.78, 5) is 7.18. The normalized spacial score (nSPS) is 14.9. The molecule has 1 aromatic carbocycles. The minimum absolute atomic E-state index is 0. The Morgan fingerprint density at radius 3 is 2.53 bits per heavy atom. The lowest BCUT2D eigenvalue weighted by Gasteiger charge is -2.34. The predicted molar refractivity (Wildman–Crippen MR) is 131 cm³/mol. The van der Waals surface area contributed by atoms with Crippen LogP contribution in [0.1, 0.15) is 38.7 Å². The van der Waals surface area contributed by atoms with Gasteiger partial charge >= 0.3 is 0 Å². The number of guanidine groups is 1. The molecule has 1 aromatic rings. The van der Waals surface area contributed by atoms with Crippen LogP contribution in [0.2, 0.25) is 0 Å². The number of likely N-dealkylation sites (tertiary alicyclic amines) is 1. The number of ether oxygens (including phenoxy) is 4. The van der Waals surface area contributed by atoms with Crippen LogP contribution < -0.4 is 14.8 Å². The molecule has 0 saturated carbocycles. The van der Waals surface area contributed by atoms with E-state index in [9.17, 15) is 0 Å². The molecule has 1 fully saturated rings. The average molecular weight is 535 g/mol. The number of hydrogen-bond acceptors (Lipinski definition) is 5. The number of aliphatic imine (C=N–C) groups is 1. The lowest BCUT2D eigenvalue weighted by atomic mass is 10.1. The Balaban J connectivity index is 0.00000450. The third-order valence-corrected chi connectivity index (χ3v) is 4.86. The number of nitrogens with zero attached hydrogens (tertiary/aromatic N) is 2. The third-order valence-electron chi connectivity index (χ3n) is 4.86. The first kappa shape index (κ1) is 26.8. The maximum atomic E-state index is 5.97. The van der Waals surface area contributed by atoms with E-state index in [1.807, 2.05) is 25.1 Å². The second-order valence-electron chi connectivity index (χ2n) is 6.99. The molecule has 30 heavy (non-hydrogen) atoms. The molecule has 1 aliphatic heterocycles. The van der Waals surface area contributed by atoms with Crippen LogP contribution in [-0.4, -0.2) is 70.6 Å². The first-order valence-electron chi connectivity index (χ1n) is 10.6. The molecule has 1 heterocycles. The van der Waals surface area contributed by atoms with Crippen molar-refractivity contribution in [1.82, 2.24) is 10.2 Å². The molecule has 0 unspecified atom stereocenters. The second kappa shape index (κ2) is 15.5. The second-order valence-corrected chi connectivity index (χ2v) is 6.99. The van der Waals surface area contributed by atoms with E-state index in [0.717, 1.165) is 75.1 Å². The molecule has 2 rings (SSSR count). The molecule has 172 valence electrons. The lowest BCUT2D eigenvalue weighted by Crippen LogP contribution is -2.47. The SMILES string of the molecule is CCNC(=NCc1ccc(OC)c(OCC)c1)N1CCC(OCCCOC)CC1.I. The van der Waals surface area contributed by atoms with E-state index < -0.39 is 0 Å². The predicted octanol–water partition coefficient (Wildman–Crippen LogP) is 3.69. The minimum atomic E-state index is 0. The van der Waals surface area contributed by atoms with E-state index in [2.05, 4.69) is 17.1 Å². The standard InChI is InChI=1S/C22H37N3O4.HI/c1-5-23-22(25-12-10-19(11-13-25)29-15-7-14-26-3)24-17-18-8-9-20(27-4)21(16-18)28-6-2;/h8-9,16,19H,5-7,10-15,17H2,1-4H3,(H,23,24);1H. The van der Waals surface area contributed by atoms with Gasteiger partial charge in [0, 0.05) is 40.0 Å². The molecular formula is C22H38IN3O4. The zero-order chi connectivity index (χ0) is 20.9. The highest BCUT2D eigenvalue weighted by molar-refractivity contribution is 14.0. The van der Waals surface area contributed by atoms with Gasteiger partial charge in [-0.15, -0.1) is 24.0 Å². The van der Waals surface area contributed by atoms with E-state index in [4.69, 9.17) is 23.9 Å². The summed E-state index contributed by atoms with van der Waals surface area (Å²) in [6.07, 6.45) is 3.33. The van der Waals surface area contributed by atoms with Gasteiger partial charge in [-0.3, -0.25) is 0 Å². The Bertz CT molecular complexity index is 622. The van der Waals surface area contributed by atoms with Gasteiger partial charge in [0.2, 0.25) is 0 Å². The third kappa shape index (κ3) is 8.85. The summed E-state index contributed by atoms with van der Waals surface area (Å²) in [5.41, 5.74) is 1.10. The Hall–Kier alpha value is -1.26. The highest BCUT2D eigenvalue weighted by atomic mass is 127. The van der Waals surface area contributed by atoms with Crippen molar-refractivity contribution in [2.45, 2.75) is 45.8 Å². The maximum Gasteiger partial charge on any atom is 0.194 e. The van der Waals surface area contributed by atoms with E-state index in [0.29, 0.717) is 19.3 Å². The Kier molecular flexibility index (Phi) is 13.9. The monoisotopic (exact) mass is 535 g/mol. The van der Waals surface area contributed by atoms with Crippen LogP contribution in [0.3, 0.4) is 0 Å². The molecule has 0 aliphatic carbocycles. The molecule has 0 bridgehead atoms. The molecule has 0 amide bonds. The van der Waals surface area contributed by atoms with Gasteiger partial charge in [0.15, 0.2) is 17.5 Å². The van der Waals surface area contributed by atoms with Gasteiger partial charge in [0.05, 0.1) is 26.4 Å². The summed E-state index contributed by atoms with van der Waals surface area (Å²) >= 11 is 0. The summed E-state index contributed by atoms with van der Waals surface area (Å²) < 4.78 is 22.1. The molecule has 1 N–H and O–H groups in total. The quantitative estimate of drug-likeness (QED) is 0.202. The number of rotatable bonds is 11. The number of piperidine rings is 1. The van der Waals surface area contributed by atoms with Crippen molar-refractivity contribution in [3.05, 3.63) is 23.8 Å². The highest BCUT2D eigenvalue weighted by Crippen LogP contribution is 2.28. The van der Waals surface area contributed by atoms with Crippen LogP contribution in [-0.2, 0) is 16.0 Å². The number of methoxy groups -OCH3 is 2. The summed E-state index contributed by atoms with van der Waals surface area (Å²) in [7, 11) is 3.38. The van der Waals surface area contributed by atoms with Gasteiger partial charge < -0.3 is 29.2 Å². The number of nitrogens with one attached hydrogen (secondary N) is 1. The zero-order valence-corrected chi connectivity index (χ0v) is 21.1. The van der Waals surface area contributed by atoms with Crippen molar-refractivity contribution in [2.75, 3.05) is 53.7 Å². The van der Waals surface area contributed by atoms with Gasteiger partial charge in [-0.25, -0.2) is 4.99 Å². The van der Waals surface area contributed by atoms with Crippen LogP contribution in [0.25, 0.3) is 0 Å². The van der Waals surface area contributed by atoms with E-state index in [1.165, 1.54) is 0 Å². The lowest BCUT2D eigenvalue weighted by molar-refractivity contribution is 0.00990. The average Bonchev–Trinajstić information content (AvgIpc) is 2.75. The Labute approximate surface area is 198 Å². The molecule has 1 saturated heterocycles. The molecule has 8 heteroatoms. The van der Waals surface area contributed by atoms with E-state index in [1.54, 1.807) is 14.2 Å². The van der Waals surface area contributed by atoms with Crippen LogP contribution >= 0.6 is 24.0 Å². The van der Waals surface area contributed by atoms with Crippen LogP contribution in [0.4, 0.5) is 0 Å². The van der Waals surface area contributed by atoms with Gasteiger partial charge in [-0.1, -0.05) is 6.07 Å². The van der Waals surface area contributed by atoms with Crippen molar-refractivity contribution in [1.29, 1.82) is 0 Å². The highest BCUT2D eigenvalue weighted by Gasteiger charge is 2.21. The van der Waals surface area contributed by atoms with Crippen LogP contribution in [0.5, 0.6) is 11.5 Å². The van der Waals surface area contributed by atoms with Crippen LogP contribution in [0, 0.1) is 0 Å². The van der Waals surface area contributed by atoms with Gasteiger partial charge in [0.1, 0.15) is 0 Å². The molecule has 7 nitrogen and oxygen atoms in total. The molecule has 1 aliphatic rings. The number of halogens is 1. The molecule has 0 radical (unpaired) electrons. The number of benzene rings is 1. The summed E-state index contributed by atoms with van der Waals surface area (Å²) in [6, 6.07) is 5.99. The van der Waals surface area contributed by atoms with Gasteiger partial charge in [-0.2, -0.15) is 0 Å². The van der Waals surface area contributed by atoms with Crippen molar-refractivity contribution >= 4 is 29.9 Å². The minimum Gasteiger partial charge on any atom is -0.493 e. The number of hydrogen-bond donors (Lipinski definition) is 1. The summed E-state index contributed by atoms with van der Waals surface area (Å²) in [5.74, 6) is 2.47. The Morgan fingerprint density at radius 2 is 1.90 bits per heavy atom. The molecular weight excluding hydrogens is 497 g/mol. The van der Waals surface area contributed by atoms with E-state index in [-0.39, 0.29) is 24.0 Å². The molecule has 0 aromatic heterocycles. The summed E-state index contributed by atoms with van der Waals surface area (Å²) in [6.45, 7) is 9.55. The fraction of sp³-hybridized carbons (Fsp3) is 0.682. The topological polar surface area (TPSA) is 64.6 Å². The first-order valence-corrected chi connectivity index (χ1v) is 10.6. The largest absolute Gasteiger partial charge is 0.493 e. The zero-order valence-electron chi connectivity index (χ0n) is 18.8. The van der Waals surface area contributed by atoms with Crippen molar-refractivity contribution in [3.8, 4) is 11.5 Å². The van der Waals surface area contributed by atoms with E-state index >= 15 is 0 Å². The molecule has 0 atom stereocenters.